The number of benzene rings is 1. The first-order chi connectivity index (χ1) is 9.95. The lowest BCUT2D eigenvalue weighted by Gasteiger charge is -2.29. The molecule has 5 heteroatoms. The predicted octanol–water partition coefficient (Wildman–Crippen LogP) is 2.73. The van der Waals surface area contributed by atoms with Crippen LogP contribution in [0.3, 0.4) is 0 Å². The van der Waals surface area contributed by atoms with Crippen molar-refractivity contribution >= 4 is 17.0 Å². The number of nitrogens with zero attached hydrogens (tertiary/aromatic N) is 2. The zero-order valence-electron chi connectivity index (χ0n) is 12.3. The van der Waals surface area contributed by atoms with Crippen molar-refractivity contribution in [2.75, 3.05) is 6.61 Å². The Morgan fingerprint density at radius 2 is 2.14 bits per heavy atom. The van der Waals surface area contributed by atoms with Crippen molar-refractivity contribution in [1.82, 2.24) is 9.55 Å². The zero-order chi connectivity index (χ0) is 15.2. The highest BCUT2D eigenvalue weighted by Gasteiger charge is 2.35. The van der Waals surface area contributed by atoms with Crippen molar-refractivity contribution in [3.05, 3.63) is 29.6 Å². The minimum Gasteiger partial charge on any atom is -0.478 e. The summed E-state index contributed by atoms with van der Waals surface area (Å²) in [6, 6.07) is 5.21. The van der Waals surface area contributed by atoms with Crippen molar-refractivity contribution in [2.45, 2.75) is 44.6 Å². The van der Waals surface area contributed by atoms with Crippen LogP contribution in [0, 0.1) is 0 Å². The van der Waals surface area contributed by atoms with Crippen LogP contribution in [-0.2, 0) is 5.54 Å². The number of carboxylic acid groups (broad SMARTS) is 1. The Hall–Kier alpha value is -1.88. The van der Waals surface area contributed by atoms with Crippen LogP contribution in [0.1, 0.15) is 55.2 Å². The fourth-order valence-electron chi connectivity index (χ4n) is 2.93. The van der Waals surface area contributed by atoms with Gasteiger partial charge < -0.3 is 14.8 Å². The van der Waals surface area contributed by atoms with Crippen LogP contribution >= 0.6 is 0 Å². The Morgan fingerprint density at radius 3 is 2.71 bits per heavy atom. The van der Waals surface area contributed by atoms with Gasteiger partial charge in [0.05, 0.1) is 16.6 Å². The Balaban J connectivity index is 2.32. The van der Waals surface area contributed by atoms with Gasteiger partial charge in [-0.1, -0.05) is 6.07 Å². The van der Waals surface area contributed by atoms with Crippen molar-refractivity contribution in [1.29, 1.82) is 0 Å². The third-order valence-electron chi connectivity index (χ3n) is 4.20. The maximum Gasteiger partial charge on any atom is 0.337 e. The normalized spacial score (nSPS) is 15.6. The quantitative estimate of drug-likeness (QED) is 0.887. The highest BCUT2D eigenvalue weighted by atomic mass is 16.4. The smallest absolute Gasteiger partial charge is 0.337 e. The summed E-state index contributed by atoms with van der Waals surface area (Å²) in [6.07, 6.45) is 2.76. The standard InChI is InChI=1S/C16H20N2O3/c1-16(2,8-9-19)18-13-11(15(20)21)4-3-5-12(13)17-14(18)10-6-7-10/h3-5,10,19H,6-9H2,1-2H3,(H,20,21). The fraction of sp³-hybridized carbons (Fsp3) is 0.500. The molecule has 1 aliphatic carbocycles. The molecule has 5 nitrogen and oxygen atoms in total. The molecule has 0 aliphatic heterocycles. The molecule has 1 aromatic heterocycles. The second-order valence-corrected chi connectivity index (χ2v) is 6.34. The van der Waals surface area contributed by atoms with Crippen LogP contribution in [-0.4, -0.2) is 32.3 Å². The molecule has 1 saturated carbocycles. The Kier molecular flexibility index (Phi) is 3.24. The average molecular weight is 288 g/mol. The van der Waals surface area contributed by atoms with Gasteiger partial charge in [-0.3, -0.25) is 0 Å². The van der Waals surface area contributed by atoms with Gasteiger partial charge in [0.25, 0.3) is 0 Å². The number of carbonyl (C=O) groups is 1. The van der Waals surface area contributed by atoms with Crippen LogP contribution in [0.5, 0.6) is 0 Å². The summed E-state index contributed by atoms with van der Waals surface area (Å²) in [6.45, 7) is 4.11. The maximum atomic E-state index is 11.6. The van der Waals surface area contributed by atoms with E-state index in [4.69, 9.17) is 0 Å². The number of aliphatic hydroxyl groups excluding tert-OH is 1. The van der Waals surface area contributed by atoms with Crippen LogP contribution in [0.15, 0.2) is 18.2 Å². The third-order valence-corrected chi connectivity index (χ3v) is 4.20. The molecule has 0 amide bonds. The molecule has 0 bridgehead atoms. The Morgan fingerprint density at radius 1 is 1.43 bits per heavy atom. The molecule has 3 rings (SSSR count). The first-order valence-corrected chi connectivity index (χ1v) is 7.31. The van der Waals surface area contributed by atoms with E-state index in [1.54, 1.807) is 12.1 Å². The summed E-state index contributed by atoms with van der Waals surface area (Å²) in [5, 5.41) is 18.8. The minimum absolute atomic E-state index is 0.0615. The summed E-state index contributed by atoms with van der Waals surface area (Å²) in [4.78, 5) is 16.2. The molecule has 0 atom stereocenters. The Labute approximate surface area is 123 Å². The molecule has 0 spiro atoms. The number of aromatic carboxylic acids is 1. The number of hydrogen-bond acceptors (Lipinski definition) is 3. The summed E-state index contributed by atoms with van der Waals surface area (Å²) >= 11 is 0. The second-order valence-electron chi connectivity index (χ2n) is 6.34. The van der Waals surface area contributed by atoms with Gasteiger partial charge in [-0.15, -0.1) is 0 Å². The van der Waals surface area contributed by atoms with Crippen LogP contribution < -0.4 is 0 Å². The third kappa shape index (κ3) is 2.31. The molecule has 2 N–H and O–H groups in total. The summed E-state index contributed by atoms with van der Waals surface area (Å²) in [5.41, 5.74) is 1.30. The Bertz CT molecular complexity index is 699. The van der Waals surface area contributed by atoms with Crippen molar-refractivity contribution < 1.29 is 15.0 Å². The van der Waals surface area contributed by atoms with Gasteiger partial charge in [0, 0.05) is 18.1 Å². The predicted molar refractivity (Wildman–Crippen MR) is 79.7 cm³/mol. The molecule has 0 radical (unpaired) electrons. The number of imidazole rings is 1. The van der Waals surface area contributed by atoms with Gasteiger partial charge in [-0.05, 0) is 45.2 Å². The second kappa shape index (κ2) is 4.84. The number of aromatic nitrogens is 2. The number of carboxylic acids is 1. The molecule has 1 aromatic carbocycles. The lowest BCUT2D eigenvalue weighted by atomic mass is 9.99. The molecule has 1 aliphatic rings. The molecular formula is C16H20N2O3. The van der Waals surface area contributed by atoms with E-state index < -0.39 is 5.97 Å². The van der Waals surface area contributed by atoms with Crippen LogP contribution in [0.4, 0.5) is 0 Å². The zero-order valence-corrected chi connectivity index (χ0v) is 12.3. The van der Waals surface area contributed by atoms with Crippen molar-refractivity contribution in [2.24, 2.45) is 0 Å². The summed E-state index contributed by atoms with van der Waals surface area (Å²) < 4.78 is 2.04. The first-order valence-electron chi connectivity index (χ1n) is 7.31. The molecular weight excluding hydrogens is 268 g/mol. The number of rotatable bonds is 5. The van der Waals surface area contributed by atoms with Gasteiger partial charge in [-0.2, -0.15) is 0 Å². The van der Waals surface area contributed by atoms with E-state index in [1.807, 2.05) is 24.5 Å². The van der Waals surface area contributed by atoms with Gasteiger partial charge in [-0.25, -0.2) is 9.78 Å². The monoisotopic (exact) mass is 288 g/mol. The molecule has 21 heavy (non-hydrogen) atoms. The number of fused-ring (bicyclic) bond motifs is 1. The van der Waals surface area contributed by atoms with Gasteiger partial charge in [0.1, 0.15) is 5.82 Å². The van der Waals surface area contributed by atoms with E-state index >= 15 is 0 Å². The largest absolute Gasteiger partial charge is 0.478 e. The van der Waals surface area contributed by atoms with Gasteiger partial charge in [0.2, 0.25) is 0 Å². The maximum absolute atomic E-state index is 11.6. The number of hydrogen-bond donors (Lipinski definition) is 2. The SMILES string of the molecule is CC(C)(CCO)n1c(C2CC2)nc2cccc(C(=O)O)c21. The average Bonchev–Trinajstić information content (AvgIpc) is 3.17. The van der Waals surface area contributed by atoms with Crippen LogP contribution in [0.25, 0.3) is 11.0 Å². The minimum atomic E-state index is -0.941. The van der Waals surface area contributed by atoms with E-state index in [2.05, 4.69) is 4.98 Å². The first kappa shape index (κ1) is 14.1. The van der Waals surface area contributed by atoms with E-state index in [0.717, 1.165) is 24.2 Å². The molecule has 112 valence electrons. The van der Waals surface area contributed by atoms with E-state index in [-0.39, 0.29) is 17.7 Å². The highest BCUT2D eigenvalue weighted by Crippen LogP contribution is 2.43. The summed E-state index contributed by atoms with van der Waals surface area (Å²) in [5.74, 6) is 0.429. The van der Waals surface area contributed by atoms with Crippen molar-refractivity contribution in [3.8, 4) is 0 Å². The summed E-state index contributed by atoms with van der Waals surface area (Å²) in [7, 11) is 0. The lowest BCUT2D eigenvalue weighted by molar-refractivity contribution is 0.0698. The van der Waals surface area contributed by atoms with E-state index in [1.165, 1.54) is 0 Å². The molecule has 0 unspecified atom stereocenters. The van der Waals surface area contributed by atoms with E-state index in [9.17, 15) is 15.0 Å². The molecule has 2 aromatic rings. The van der Waals surface area contributed by atoms with Crippen molar-refractivity contribution in [3.63, 3.8) is 0 Å². The molecule has 1 fully saturated rings. The lowest BCUT2D eigenvalue weighted by Crippen LogP contribution is -2.29. The van der Waals surface area contributed by atoms with Gasteiger partial charge in [0.15, 0.2) is 0 Å². The molecule has 1 heterocycles. The fourth-order valence-corrected chi connectivity index (χ4v) is 2.93. The number of aliphatic hydroxyl groups is 1. The molecule has 0 saturated heterocycles. The highest BCUT2D eigenvalue weighted by molar-refractivity contribution is 6.01. The van der Waals surface area contributed by atoms with Crippen LogP contribution in [0.2, 0.25) is 0 Å². The number of para-hydroxylation sites is 1. The van der Waals surface area contributed by atoms with E-state index in [0.29, 0.717) is 17.9 Å². The topological polar surface area (TPSA) is 75.3 Å². The van der Waals surface area contributed by atoms with Gasteiger partial charge >= 0.3 is 5.97 Å².